The number of aliphatic hydroxyl groups is 1. The molecule has 1 atom stereocenters. The maximum absolute atomic E-state index is 13.3. The van der Waals surface area contributed by atoms with E-state index in [-0.39, 0.29) is 23.7 Å². The summed E-state index contributed by atoms with van der Waals surface area (Å²) in [6.45, 7) is 3.43. The number of aromatic amines is 1. The molecule has 0 bridgehead atoms. The first-order chi connectivity index (χ1) is 13.6. The lowest BCUT2D eigenvalue weighted by Crippen LogP contribution is -2.47. The average molecular weight is 386 g/mol. The standard InChI is InChI=1S/C21H27FN4O2/c22-17-5-3-15(4-6-17)19-12-23-24-21(19)16-2-1-9-26(13-16)20(28)14-25-10-7-18(27)8-11-25/h3-6,12,16,18,27H,1-2,7-11,13-14H2,(H,23,24)/t16-/m1/s1. The zero-order valence-corrected chi connectivity index (χ0v) is 16.0. The fourth-order valence-electron chi connectivity index (χ4n) is 4.27. The van der Waals surface area contributed by atoms with Gasteiger partial charge in [0.2, 0.25) is 5.91 Å². The molecule has 2 saturated heterocycles. The number of carbonyl (C=O) groups is 1. The number of hydrogen-bond donors (Lipinski definition) is 2. The van der Waals surface area contributed by atoms with Crippen LogP contribution in [-0.4, -0.2) is 69.8 Å². The molecule has 0 spiro atoms. The molecule has 2 aromatic rings. The van der Waals surface area contributed by atoms with Crippen molar-refractivity contribution in [1.82, 2.24) is 20.0 Å². The highest BCUT2D eigenvalue weighted by atomic mass is 19.1. The predicted octanol–water partition coefficient (Wildman–Crippen LogP) is 2.38. The molecular formula is C21H27FN4O2. The number of aromatic nitrogens is 2. The maximum Gasteiger partial charge on any atom is 0.236 e. The van der Waals surface area contributed by atoms with Crippen molar-refractivity contribution in [3.63, 3.8) is 0 Å². The molecule has 28 heavy (non-hydrogen) atoms. The summed E-state index contributed by atoms with van der Waals surface area (Å²) >= 11 is 0. The second-order valence-electron chi connectivity index (χ2n) is 7.89. The van der Waals surface area contributed by atoms with Crippen molar-refractivity contribution in [1.29, 1.82) is 0 Å². The molecule has 6 nitrogen and oxygen atoms in total. The fraction of sp³-hybridized carbons (Fsp3) is 0.524. The smallest absolute Gasteiger partial charge is 0.236 e. The Hall–Kier alpha value is -2.25. The van der Waals surface area contributed by atoms with Gasteiger partial charge >= 0.3 is 0 Å². The molecule has 2 aliphatic rings. The molecule has 0 saturated carbocycles. The summed E-state index contributed by atoms with van der Waals surface area (Å²) in [5.74, 6) is 0.0980. The summed E-state index contributed by atoms with van der Waals surface area (Å²) in [6.07, 6.45) is 4.99. The Bertz CT molecular complexity index is 799. The Morgan fingerprint density at radius 1 is 1.18 bits per heavy atom. The minimum absolute atomic E-state index is 0.156. The second-order valence-corrected chi connectivity index (χ2v) is 7.89. The Balaban J connectivity index is 1.42. The number of piperidine rings is 2. The van der Waals surface area contributed by atoms with Gasteiger partial charge in [-0.15, -0.1) is 0 Å². The third kappa shape index (κ3) is 4.25. The van der Waals surface area contributed by atoms with Gasteiger partial charge in [-0.25, -0.2) is 4.39 Å². The van der Waals surface area contributed by atoms with Crippen LogP contribution < -0.4 is 0 Å². The molecule has 1 aromatic carbocycles. The van der Waals surface area contributed by atoms with Gasteiger partial charge in [-0.05, 0) is 43.4 Å². The van der Waals surface area contributed by atoms with Gasteiger partial charge in [0.25, 0.3) is 0 Å². The summed E-state index contributed by atoms with van der Waals surface area (Å²) in [5.41, 5.74) is 2.93. The number of rotatable bonds is 4. The van der Waals surface area contributed by atoms with Gasteiger partial charge in [-0.2, -0.15) is 5.10 Å². The number of likely N-dealkylation sites (tertiary alicyclic amines) is 2. The molecule has 3 heterocycles. The summed E-state index contributed by atoms with van der Waals surface area (Å²) in [5, 5.41) is 17.0. The molecule has 0 aliphatic carbocycles. The van der Waals surface area contributed by atoms with Crippen LogP contribution >= 0.6 is 0 Å². The lowest BCUT2D eigenvalue weighted by molar-refractivity contribution is -0.134. The minimum Gasteiger partial charge on any atom is -0.393 e. The first kappa shape index (κ1) is 19.1. The first-order valence-electron chi connectivity index (χ1n) is 10.1. The summed E-state index contributed by atoms with van der Waals surface area (Å²) in [4.78, 5) is 16.9. The third-order valence-corrected chi connectivity index (χ3v) is 5.92. The lowest BCUT2D eigenvalue weighted by Gasteiger charge is -2.35. The molecule has 2 N–H and O–H groups in total. The number of nitrogens with zero attached hydrogens (tertiary/aromatic N) is 3. The van der Waals surface area contributed by atoms with Gasteiger partial charge in [-0.1, -0.05) is 12.1 Å². The van der Waals surface area contributed by atoms with Gasteiger partial charge in [-0.3, -0.25) is 14.8 Å². The van der Waals surface area contributed by atoms with Crippen molar-refractivity contribution < 1.29 is 14.3 Å². The number of benzene rings is 1. The molecule has 1 aromatic heterocycles. The van der Waals surface area contributed by atoms with E-state index in [1.807, 2.05) is 4.90 Å². The van der Waals surface area contributed by atoms with Gasteiger partial charge in [0.15, 0.2) is 0 Å². The van der Waals surface area contributed by atoms with E-state index in [4.69, 9.17) is 0 Å². The number of carbonyl (C=O) groups excluding carboxylic acids is 1. The van der Waals surface area contributed by atoms with Crippen molar-refractivity contribution in [3.05, 3.63) is 42.0 Å². The van der Waals surface area contributed by atoms with Crippen LogP contribution in [0.4, 0.5) is 4.39 Å². The van der Waals surface area contributed by atoms with Crippen LogP contribution in [-0.2, 0) is 4.79 Å². The summed E-state index contributed by atoms with van der Waals surface area (Å²) in [7, 11) is 0. The molecule has 4 rings (SSSR count). The Kier molecular flexibility index (Phi) is 5.73. The zero-order chi connectivity index (χ0) is 19.5. The highest BCUT2D eigenvalue weighted by Crippen LogP contribution is 2.33. The number of amides is 1. The molecule has 1 amide bonds. The lowest BCUT2D eigenvalue weighted by atomic mass is 9.90. The normalized spacial score (nSPS) is 21.8. The second kappa shape index (κ2) is 8.41. The molecule has 2 fully saturated rings. The van der Waals surface area contributed by atoms with Gasteiger partial charge < -0.3 is 10.0 Å². The molecular weight excluding hydrogens is 359 g/mol. The number of aliphatic hydroxyl groups excluding tert-OH is 1. The first-order valence-corrected chi connectivity index (χ1v) is 10.1. The number of halogens is 1. The summed E-state index contributed by atoms with van der Waals surface area (Å²) < 4.78 is 13.3. The van der Waals surface area contributed by atoms with E-state index in [0.29, 0.717) is 13.1 Å². The highest BCUT2D eigenvalue weighted by molar-refractivity contribution is 5.78. The van der Waals surface area contributed by atoms with Crippen molar-refractivity contribution in [2.45, 2.75) is 37.7 Å². The van der Waals surface area contributed by atoms with Gasteiger partial charge in [0.05, 0.1) is 18.8 Å². The van der Waals surface area contributed by atoms with Crippen molar-refractivity contribution in [2.24, 2.45) is 0 Å². The largest absolute Gasteiger partial charge is 0.393 e. The topological polar surface area (TPSA) is 72.5 Å². The van der Waals surface area contributed by atoms with E-state index < -0.39 is 0 Å². The van der Waals surface area contributed by atoms with Crippen LogP contribution in [0, 0.1) is 5.82 Å². The van der Waals surface area contributed by atoms with Crippen LogP contribution in [0.5, 0.6) is 0 Å². The van der Waals surface area contributed by atoms with E-state index in [1.165, 1.54) is 12.1 Å². The van der Waals surface area contributed by atoms with E-state index in [1.54, 1.807) is 18.3 Å². The SMILES string of the molecule is O=C(CN1CCC(O)CC1)N1CCC[C@@H](c2[nH]ncc2-c2ccc(F)cc2)C1. The molecule has 7 heteroatoms. The zero-order valence-electron chi connectivity index (χ0n) is 16.0. The monoisotopic (exact) mass is 386 g/mol. The molecule has 2 aliphatic heterocycles. The highest BCUT2D eigenvalue weighted by Gasteiger charge is 2.29. The maximum atomic E-state index is 13.3. The van der Waals surface area contributed by atoms with Crippen LogP contribution in [0.15, 0.2) is 30.5 Å². The Labute approximate surface area is 164 Å². The average Bonchev–Trinajstić information content (AvgIpc) is 3.20. The van der Waals surface area contributed by atoms with Crippen molar-refractivity contribution >= 4 is 5.91 Å². The van der Waals surface area contributed by atoms with E-state index in [0.717, 1.165) is 62.1 Å². The van der Waals surface area contributed by atoms with Crippen LogP contribution in [0.2, 0.25) is 0 Å². The van der Waals surface area contributed by atoms with E-state index in [9.17, 15) is 14.3 Å². The van der Waals surface area contributed by atoms with Crippen molar-refractivity contribution in [3.8, 4) is 11.1 Å². The number of nitrogens with one attached hydrogen (secondary N) is 1. The Morgan fingerprint density at radius 2 is 1.93 bits per heavy atom. The number of H-pyrrole nitrogens is 1. The molecule has 0 unspecified atom stereocenters. The minimum atomic E-state index is -0.256. The van der Waals surface area contributed by atoms with E-state index >= 15 is 0 Å². The molecule has 0 radical (unpaired) electrons. The summed E-state index contributed by atoms with van der Waals surface area (Å²) in [6, 6.07) is 6.44. The van der Waals surface area contributed by atoms with Gasteiger partial charge in [0.1, 0.15) is 5.82 Å². The number of hydrogen-bond acceptors (Lipinski definition) is 4. The van der Waals surface area contributed by atoms with Crippen LogP contribution in [0.25, 0.3) is 11.1 Å². The van der Waals surface area contributed by atoms with Crippen molar-refractivity contribution in [2.75, 3.05) is 32.7 Å². The van der Waals surface area contributed by atoms with Crippen LogP contribution in [0.1, 0.15) is 37.3 Å². The Morgan fingerprint density at radius 3 is 2.68 bits per heavy atom. The molecule has 150 valence electrons. The third-order valence-electron chi connectivity index (χ3n) is 5.92. The predicted molar refractivity (Wildman–Crippen MR) is 104 cm³/mol. The fourth-order valence-corrected chi connectivity index (χ4v) is 4.27. The van der Waals surface area contributed by atoms with E-state index in [2.05, 4.69) is 15.1 Å². The van der Waals surface area contributed by atoms with Crippen LogP contribution in [0.3, 0.4) is 0 Å². The quantitative estimate of drug-likeness (QED) is 0.846. The van der Waals surface area contributed by atoms with Gasteiger partial charge in [0, 0.05) is 43.4 Å².